The van der Waals surface area contributed by atoms with E-state index in [2.05, 4.69) is 47.8 Å². The number of carbonyl (C=O) groups excluding carboxylic acids is 1. The summed E-state index contributed by atoms with van der Waals surface area (Å²) >= 11 is 1.67. The molecule has 4 rings (SSSR count). The molecule has 0 radical (unpaired) electrons. The van der Waals surface area contributed by atoms with Crippen LogP contribution >= 0.6 is 11.3 Å². The molecule has 27 heavy (non-hydrogen) atoms. The number of para-hydroxylation sites is 1. The highest BCUT2D eigenvalue weighted by Crippen LogP contribution is 2.33. The average molecular weight is 383 g/mol. The molecule has 142 valence electrons. The van der Waals surface area contributed by atoms with Gasteiger partial charge in [0.25, 0.3) is 0 Å². The lowest BCUT2D eigenvalue weighted by atomic mass is 10.1. The van der Waals surface area contributed by atoms with E-state index in [9.17, 15) is 4.79 Å². The first-order valence-corrected chi connectivity index (χ1v) is 10.3. The van der Waals surface area contributed by atoms with Gasteiger partial charge in [0.05, 0.1) is 28.8 Å². The van der Waals surface area contributed by atoms with E-state index in [1.54, 1.807) is 11.3 Å². The van der Waals surface area contributed by atoms with Gasteiger partial charge in [-0.1, -0.05) is 12.1 Å². The van der Waals surface area contributed by atoms with Crippen molar-refractivity contribution in [1.29, 1.82) is 0 Å². The Kier molecular flexibility index (Phi) is 5.02. The lowest BCUT2D eigenvalue weighted by molar-refractivity contribution is -0.133. The van der Waals surface area contributed by atoms with Crippen LogP contribution in [0, 0.1) is 0 Å². The fourth-order valence-corrected chi connectivity index (χ4v) is 4.97. The minimum absolute atomic E-state index is 0.0222. The third-order valence-corrected chi connectivity index (χ3v) is 6.88. The van der Waals surface area contributed by atoms with Crippen LogP contribution < -0.4 is 0 Å². The number of hydrogen-bond acceptors (Lipinski definition) is 4. The fourth-order valence-electron chi connectivity index (χ4n) is 3.91. The van der Waals surface area contributed by atoms with E-state index in [1.807, 2.05) is 30.1 Å². The van der Waals surface area contributed by atoms with E-state index in [0.717, 1.165) is 29.9 Å². The maximum Gasteiger partial charge on any atom is 0.237 e. The molecule has 2 aromatic heterocycles. The predicted molar refractivity (Wildman–Crippen MR) is 110 cm³/mol. The SMILES string of the molecule is C[C@@H](c1nc2ccccc2s1)N(C)C(=O)CN1CCC[C@@H]1c1cccn1C. The Bertz CT molecular complexity index is 913. The lowest BCUT2D eigenvalue weighted by Gasteiger charge is -2.29. The van der Waals surface area contributed by atoms with E-state index in [-0.39, 0.29) is 11.9 Å². The van der Waals surface area contributed by atoms with Crippen molar-refractivity contribution in [3.63, 3.8) is 0 Å². The molecule has 1 fully saturated rings. The van der Waals surface area contributed by atoms with Gasteiger partial charge in [-0.25, -0.2) is 4.98 Å². The number of nitrogens with zero attached hydrogens (tertiary/aromatic N) is 4. The number of benzene rings is 1. The Hall–Kier alpha value is -2.18. The summed E-state index contributed by atoms with van der Waals surface area (Å²) in [5.41, 5.74) is 2.30. The molecule has 3 aromatic rings. The summed E-state index contributed by atoms with van der Waals surface area (Å²) in [6, 6.07) is 12.7. The summed E-state index contributed by atoms with van der Waals surface area (Å²) in [5, 5.41) is 0.993. The van der Waals surface area contributed by atoms with Gasteiger partial charge in [0, 0.05) is 26.0 Å². The van der Waals surface area contributed by atoms with Gasteiger partial charge in [0.2, 0.25) is 5.91 Å². The molecule has 1 aliphatic heterocycles. The zero-order valence-electron chi connectivity index (χ0n) is 16.1. The van der Waals surface area contributed by atoms with Crippen LogP contribution in [0.4, 0.5) is 0 Å². The molecule has 0 unspecified atom stereocenters. The first kappa shape index (κ1) is 18.2. The second-order valence-electron chi connectivity index (χ2n) is 7.37. The van der Waals surface area contributed by atoms with Gasteiger partial charge in [-0.2, -0.15) is 0 Å². The maximum atomic E-state index is 13.0. The Morgan fingerprint density at radius 2 is 2.15 bits per heavy atom. The van der Waals surface area contributed by atoms with Gasteiger partial charge in [0.1, 0.15) is 5.01 Å². The van der Waals surface area contributed by atoms with E-state index >= 15 is 0 Å². The summed E-state index contributed by atoms with van der Waals surface area (Å²) in [5.74, 6) is 0.155. The molecule has 1 aliphatic rings. The van der Waals surface area contributed by atoms with Crippen LogP contribution in [0.25, 0.3) is 10.2 Å². The third kappa shape index (κ3) is 3.51. The molecule has 0 aliphatic carbocycles. The van der Waals surface area contributed by atoms with Gasteiger partial charge in [-0.3, -0.25) is 9.69 Å². The van der Waals surface area contributed by atoms with Crippen molar-refractivity contribution in [3.8, 4) is 0 Å². The second-order valence-corrected chi connectivity index (χ2v) is 8.44. The molecule has 3 heterocycles. The molecule has 0 N–H and O–H groups in total. The standard InChI is InChI=1S/C21H26N4OS/c1-15(21-22-16-8-4-5-11-19(16)27-21)24(3)20(26)14-25-13-7-10-18(25)17-9-6-12-23(17)2/h4-6,8-9,11-12,15,18H,7,10,13-14H2,1-3H3/t15-,18+/m0/s1. The normalized spacial score (nSPS) is 18.9. The van der Waals surface area contributed by atoms with Crippen LogP contribution in [0.3, 0.4) is 0 Å². The number of thiazole rings is 1. The summed E-state index contributed by atoms with van der Waals surface area (Å²) in [7, 11) is 3.97. The number of aromatic nitrogens is 2. The molecule has 0 saturated carbocycles. The van der Waals surface area contributed by atoms with E-state index < -0.39 is 0 Å². The topological polar surface area (TPSA) is 41.4 Å². The number of likely N-dealkylation sites (N-methyl/N-ethyl adjacent to an activating group) is 1. The molecular weight excluding hydrogens is 356 g/mol. The van der Waals surface area contributed by atoms with Crippen LogP contribution in [0.5, 0.6) is 0 Å². The fraction of sp³-hybridized carbons (Fsp3) is 0.429. The summed E-state index contributed by atoms with van der Waals surface area (Å²) in [6.07, 6.45) is 4.33. The minimum atomic E-state index is -0.0222. The van der Waals surface area contributed by atoms with Gasteiger partial charge < -0.3 is 9.47 Å². The third-order valence-electron chi connectivity index (χ3n) is 5.67. The first-order chi connectivity index (χ1) is 13.0. The molecule has 2 atom stereocenters. The molecule has 1 saturated heterocycles. The van der Waals surface area contributed by atoms with Crippen LogP contribution in [-0.4, -0.2) is 45.4 Å². The molecule has 0 spiro atoms. The number of aryl methyl sites for hydroxylation is 1. The summed E-state index contributed by atoms with van der Waals surface area (Å²) in [6.45, 7) is 3.50. The van der Waals surface area contributed by atoms with Gasteiger partial charge in [-0.05, 0) is 50.6 Å². The zero-order chi connectivity index (χ0) is 19.0. The highest BCUT2D eigenvalue weighted by Gasteiger charge is 2.31. The largest absolute Gasteiger partial charge is 0.353 e. The van der Waals surface area contributed by atoms with Crippen LogP contribution in [0.15, 0.2) is 42.6 Å². The minimum Gasteiger partial charge on any atom is -0.353 e. The molecule has 0 bridgehead atoms. The number of hydrogen-bond donors (Lipinski definition) is 0. The van der Waals surface area contributed by atoms with Crippen molar-refractivity contribution in [2.75, 3.05) is 20.1 Å². The molecule has 1 aromatic carbocycles. The Morgan fingerprint density at radius 1 is 1.33 bits per heavy atom. The Labute approximate surface area is 164 Å². The number of amides is 1. The van der Waals surface area contributed by atoms with Crippen molar-refractivity contribution >= 4 is 27.5 Å². The van der Waals surface area contributed by atoms with Crippen molar-refractivity contribution in [1.82, 2.24) is 19.4 Å². The molecule has 6 heteroatoms. The van der Waals surface area contributed by atoms with E-state index in [1.165, 1.54) is 10.4 Å². The van der Waals surface area contributed by atoms with Crippen LogP contribution in [0.2, 0.25) is 0 Å². The monoisotopic (exact) mass is 382 g/mol. The molecule has 5 nitrogen and oxygen atoms in total. The number of fused-ring (bicyclic) bond motifs is 1. The van der Waals surface area contributed by atoms with Crippen molar-refractivity contribution in [3.05, 3.63) is 53.3 Å². The van der Waals surface area contributed by atoms with E-state index in [4.69, 9.17) is 4.98 Å². The maximum absolute atomic E-state index is 13.0. The average Bonchev–Trinajstić information content (AvgIpc) is 3.39. The number of likely N-dealkylation sites (tertiary alicyclic amines) is 1. The molecular formula is C21H26N4OS. The Balaban J connectivity index is 1.46. The number of carbonyl (C=O) groups is 1. The summed E-state index contributed by atoms with van der Waals surface area (Å²) < 4.78 is 3.34. The van der Waals surface area contributed by atoms with Gasteiger partial charge in [0.15, 0.2) is 0 Å². The predicted octanol–water partition coefficient (Wildman–Crippen LogP) is 3.99. The highest BCUT2D eigenvalue weighted by molar-refractivity contribution is 7.18. The van der Waals surface area contributed by atoms with Gasteiger partial charge >= 0.3 is 0 Å². The van der Waals surface area contributed by atoms with Gasteiger partial charge in [-0.15, -0.1) is 11.3 Å². The van der Waals surface area contributed by atoms with Crippen molar-refractivity contribution in [2.24, 2.45) is 7.05 Å². The Morgan fingerprint density at radius 3 is 2.89 bits per heavy atom. The summed E-state index contributed by atoms with van der Waals surface area (Å²) in [4.78, 5) is 21.9. The smallest absolute Gasteiger partial charge is 0.237 e. The first-order valence-electron chi connectivity index (χ1n) is 9.51. The molecule has 1 amide bonds. The van der Waals surface area contributed by atoms with Crippen molar-refractivity contribution in [2.45, 2.75) is 31.8 Å². The van der Waals surface area contributed by atoms with Crippen LogP contribution in [-0.2, 0) is 11.8 Å². The van der Waals surface area contributed by atoms with Crippen LogP contribution in [0.1, 0.15) is 42.6 Å². The lowest BCUT2D eigenvalue weighted by Crippen LogP contribution is -2.39. The van der Waals surface area contributed by atoms with E-state index in [0.29, 0.717) is 12.6 Å². The number of rotatable bonds is 5. The quantitative estimate of drug-likeness (QED) is 0.670. The second kappa shape index (κ2) is 7.44. The highest BCUT2D eigenvalue weighted by atomic mass is 32.1. The van der Waals surface area contributed by atoms with Crippen molar-refractivity contribution < 1.29 is 4.79 Å². The zero-order valence-corrected chi connectivity index (χ0v) is 16.9.